The van der Waals surface area contributed by atoms with Crippen LogP contribution in [0.15, 0.2) is 66.7 Å². The molecule has 0 unspecified atom stereocenters. The fourth-order valence-electron chi connectivity index (χ4n) is 2.39. The van der Waals surface area contributed by atoms with Gasteiger partial charge in [-0.25, -0.2) is 0 Å². The van der Waals surface area contributed by atoms with Crippen LogP contribution in [0.5, 0.6) is 5.75 Å². The average Bonchev–Trinajstić information content (AvgIpc) is 2.53. The number of fused-ring (bicyclic) bond motifs is 1. The molecule has 20 heavy (non-hydrogen) atoms. The minimum absolute atomic E-state index is 0.593. The van der Waals surface area contributed by atoms with E-state index in [1.165, 1.54) is 21.9 Å². The zero-order valence-corrected chi connectivity index (χ0v) is 11.4. The zero-order valence-electron chi connectivity index (χ0n) is 11.4. The van der Waals surface area contributed by atoms with Gasteiger partial charge in [-0.05, 0) is 47.4 Å². The maximum Gasteiger partial charge on any atom is 0.120 e. The highest BCUT2D eigenvalue weighted by Gasteiger charge is 2.03. The maximum absolute atomic E-state index is 5.91. The van der Waals surface area contributed by atoms with Crippen LogP contribution in [0, 0.1) is 6.92 Å². The fraction of sp³-hybridized carbons (Fsp3) is 0.105. The van der Waals surface area contributed by atoms with Gasteiger partial charge in [0, 0.05) is 0 Å². The molecule has 0 spiro atoms. The lowest BCUT2D eigenvalue weighted by atomic mass is 10.0. The van der Waals surface area contributed by atoms with E-state index in [4.69, 9.17) is 4.74 Å². The number of rotatable bonds is 4. The van der Waals surface area contributed by atoms with E-state index in [1.54, 1.807) is 0 Å². The summed E-state index contributed by atoms with van der Waals surface area (Å²) in [6, 6.07) is 22.8. The minimum atomic E-state index is 0.593. The van der Waals surface area contributed by atoms with Crippen LogP contribution in [-0.2, 0) is 13.0 Å². The van der Waals surface area contributed by atoms with Crippen molar-refractivity contribution in [3.63, 3.8) is 0 Å². The van der Waals surface area contributed by atoms with Crippen LogP contribution in [0.4, 0.5) is 0 Å². The van der Waals surface area contributed by atoms with Gasteiger partial charge >= 0.3 is 0 Å². The Labute approximate surface area is 119 Å². The maximum atomic E-state index is 5.91. The summed E-state index contributed by atoms with van der Waals surface area (Å²) in [5.74, 6) is 0.909. The van der Waals surface area contributed by atoms with E-state index in [0.29, 0.717) is 6.61 Å². The first-order valence-electron chi connectivity index (χ1n) is 6.84. The minimum Gasteiger partial charge on any atom is -0.489 e. The molecule has 0 aliphatic heterocycles. The first kappa shape index (κ1) is 12.7. The lowest BCUT2D eigenvalue weighted by Gasteiger charge is -2.11. The van der Waals surface area contributed by atoms with Crippen molar-refractivity contribution >= 4 is 10.8 Å². The molecule has 0 aliphatic rings. The van der Waals surface area contributed by atoms with Gasteiger partial charge in [0.15, 0.2) is 0 Å². The molecular formula is C19H17O. The van der Waals surface area contributed by atoms with Crippen molar-refractivity contribution in [2.45, 2.75) is 13.0 Å². The predicted molar refractivity (Wildman–Crippen MR) is 83.8 cm³/mol. The summed E-state index contributed by atoms with van der Waals surface area (Å²) >= 11 is 0. The van der Waals surface area contributed by atoms with Gasteiger partial charge in [0.25, 0.3) is 0 Å². The molecule has 0 aromatic heterocycles. The molecule has 0 aliphatic carbocycles. The summed E-state index contributed by atoms with van der Waals surface area (Å²) < 4.78 is 5.91. The zero-order chi connectivity index (χ0) is 13.8. The third-order valence-electron chi connectivity index (χ3n) is 3.44. The highest BCUT2D eigenvalue weighted by atomic mass is 16.5. The Morgan fingerprint density at radius 1 is 0.850 bits per heavy atom. The van der Waals surface area contributed by atoms with Gasteiger partial charge in [-0.3, -0.25) is 0 Å². The molecule has 0 amide bonds. The molecule has 0 N–H and O–H groups in total. The van der Waals surface area contributed by atoms with Crippen molar-refractivity contribution in [1.82, 2.24) is 0 Å². The van der Waals surface area contributed by atoms with Crippen LogP contribution >= 0.6 is 0 Å². The Kier molecular flexibility index (Phi) is 3.69. The lowest BCUT2D eigenvalue weighted by Crippen LogP contribution is -1.96. The average molecular weight is 261 g/mol. The first-order chi connectivity index (χ1) is 9.86. The molecule has 3 aromatic rings. The van der Waals surface area contributed by atoms with Gasteiger partial charge in [0.1, 0.15) is 12.4 Å². The van der Waals surface area contributed by atoms with Gasteiger partial charge in [-0.15, -0.1) is 0 Å². The van der Waals surface area contributed by atoms with Crippen molar-refractivity contribution < 1.29 is 4.74 Å². The van der Waals surface area contributed by atoms with E-state index in [1.807, 2.05) is 18.2 Å². The molecule has 0 heterocycles. The second kappa shape index (κ2) is 5.79. The topological polar surface area (TPSA) is 9.23 Å². The lowest BCUT2D eigenvalue weighted by molar-refractivity contribution is 0.306. The van der Waals surface area contributed by atoms with Crippen molar-refractivity contribution in [2.75, 3.05) is 0 Å². The van der Waals surface area contributed by atoms with Crippen molar-refractivity contribution in [2.24, 2.45) is 0 Å². The first-order valence-corrected chi connectivity index (χ1v) is 6.84. The third kappa shape index (κ3) is 2.67. The largest absolute Gasteiger partial charge is 0.489 e. The molecule has 1 heteroatoms. The van der Waals surface area contributed by atoms with Crippen LogP contribution in [0.3, 0.4) is 0 Å². The van der Waals surface area contributed by atoms with E-state index >= 15 is 0 Å². The van der Waals surface area contributed by atoms with Crippen LogP contribution in [0.25, 0.3) is 10.8 Å². The van der Waals surface area contributed by atoms with Crippen molar-refractivity contribution in [1.29, 1.82) is 0 Å². The van der Waals surface area contributed by atoms with Crippen LogP contribution in [-0.4, -0.2) is 0 Å². The fourth-order valence-corrected chi connectivity index (χ4v) is 2.39. The Bertz CT molecular complexity index is 701. The quantitative estimate of drug-likeness (QED) is 0.655. The number of benzene rings is 3. The van der Waals surface area contributed by atoms with Gasteiger partial charge < -0.3 is 4.74 Å². The number of hydrogen-bond donors (Lipinski definition) is 0. The molecular weight excluding hydrogens is 244 g/mol. The second-order valence-corrected chi connectivity index (χ2v) is 4.83. The Morgan fingerprint density at radius 2 is 1.60 bits per heavy atom. The van der Waals surface area contributed by atoms with E-state index in [2.05, 4.69) is 55.5 Å². The summed E-state index contributed by atoms with van der Waals surface area (Å²) in [5.41, 5.74) is 2.41. The molecule has 0 saturated carbocycles. The molecule has 1 nitrogen and oxygen atoms in total. The Hall–Kier alpha value is -2.28. The Balaban J connectivity index is 1.88. The third-order valence-corrected chi connectivity index (χ3v) is 3.44. The molecule has 1 radical (unpaired) electrons. The van der Waals surface area contributed by atoms with E-state index in [0.717, 1.165) is 12.2 Å². The van der Waals surface area contributed by atoms with Crippen LogP contribution < -0.4 is 4.74 Å². The summed E-state index contributed by atoms with van der Waals surface area (Å²) in [4.78, 5) is 0. The van der Waals surface area contributed by atoms with Crippen LogP contribution in [0.1, 0.15) is 11.1 Å². The SMILES string of the molecule is [CH2]Cc1cc(OCc2ccccc2)cc2ccccc12. The van der Waals surface area contributed by atoms with Gasteiger partial charge in [-0.2, -0.15) is 0 Å². The highest BCUT2D eigenvalue weighted by Crippen LogP contribution is 2.26. The summed E-state index contributed by atoms with van der Waals surface area (Å²) in [6.45, 7) is 4.60. The molecule has 0 bridgehead atoms. The second-order valence-electron chi connectivity index (χ2n) is 4.83. The molecule has 99 valence electrons. The van der Waals surface area contributed by atoms with Gasteiger partial charge in [-0.1, -0.05) is 54.6 Å². The normalized spacial score (nSPS) is 10.7. The van der Waals surface area contributed by atoms with E-state index in [-0.39, 0.29) is 0 Å². The molecule has 0 atom stereocenters. The van der Waals surface area contributed by atoms with Gasteiger partial charge in [0.05, 0.1) is 0 Å². The molecule has 3 aromatic carbocycles. The van der Waals surface area contributed by atoms with E-state index < -0.39 is 0 Å². The highest BCUT2D eigenvalue weighted by molar-refractivity contribution is 5.87. The Morgan fingerprint density at radius 3 is 2.40 bits per heavy atom. The number of hydrogen-bond acceptors (Lipinski definition) is 1. The summed E-state index contributed by atoms with van der Waals surface area (Å²) in [6.07, 6.45) is 0.767. The van der Waals surface area contributed by atoms with Crippen LogP contribution in [0.2, 0.25) is 0 Å². The predicted octanol–water partition coefficient (Wildman–Crippen LogP) is 4.80. The van der Waals surface area contributed by atoms with Crippen molar-refractivity contribution in [3.8, 4) is 5.75 Å². The smallest absolute Gasteiger partial charge is 0.120 e. The van der Waals surface area contributed by atoms with Crippen molar-refractivity contribution in [3.05, 3.63) is 84.8 Å². The summed E-state index contributed by atoms with van der Waals surface area (Å²) in [7, 11) is 0. The number of ether oxygens (including phenoxy) is 1. The standard InChI is InChI=1S/C19H17O/c1-2-16-12-18(13-17-10-6-7-11-19(16)17)20-14-15-8-4-3-5-9-15/h3-13H,1-2,14H2. The monoisotopic (exact) mass is 261 g/mol. The molecule has 0 fully saturated rings. The molecule has 0 saturated heterocycles. The van der Waals surface area contributed by atoms with E-state index in [9.17, 15) is 0 Å². The molecule has 3 rings (SSSR count). The van der Waals surface area contributed by atoms with Gasteiger partial charge in [0.2, 0.25) is 0 Å². The summed E-state index contributed by atoms with van der Waals surface area (Å²) in [5, 5.41) is 2.46.